The third kappa shape index (κ3) is 2.68. The van der Waals surface area contributed by atoms with Crippen LogP contribution in [0.25, 0.3) is 17.0 Å². The van der Waals surface area contributed by atoms with Crippen LogP contribution in [0.1, 0.15) is 26.5 Å². The third-order valence-corrected chi connectivity index (χ3v) is 4.48. The van der Waals surface area contributed by atoms with Crippen molar-refractivity contribution < 1.29 is 23.5 Å². The fraction of sp³-hybridized carbons (Fsp3) is 0. The van der Waals surface area contributed by atoms with Crippen LogP contribution in [0.2, 0.25) is 0 Å². The molecule has 0 unspecified atom stereocenters. The Kier molecular flexibility index (Phi) is 3.62. The van der Waals surface area contributed by atoms with Crippen molar-refractivity contribution in [1.29, 1.82) is 0 Å². The van der Waals surface area contributed by atoms with E-state index in [1.807, 2.05) is 30.5 Å². The van der Waals surface area contributed by atoms with E-state index in [9.17, 15) is 9.59 Å². The molecule has 5 rings (SSSR count). The van der Waals surface area contributed by atoms with Gasteiger partial charge in [-0.1, -0.05) is 18.2 Å². The van der Waals surface area contributed by atoms with Gasteiger partial charge in [0.25, 0.3) is 0 Å². The van der Waals surface area contributed by atoms with Gasteiger partial charge in [0.2, 0.25) is 11.5 Å². The van der Waals surface area contributed by atoms with Gasteiger partial charge in [0.1, 0.15) is 11.5 Å². The highest BCUT2D eigenvalue weighted by Gasteiger charge is 2.28. The molecule has 0 amide bonds. The number of para-hydroxylation sites is 1. The average molecular weight is 371 g/mol. The van der Waals surface area contributed by atoms with Gasteiger partial charge in [0, 0.05) is 28.7 Å². The molecule has 1 aliphatic heterocycles. The molecule has 6 heteroatoms. The molecule has 0 saturated carbocycles. The number of aromatic nitrogens is 1. The summed E-state index contributed by atoms with van der Waals surface area (Å²) >= 11 is 0. The highest BCUT2D eigenvalue weighted by Crippen LogP contribution is 2.35. The van der Waals surface area contributed by atoms with Gasteiger partial charge in [-0.05, 0) is 36.4 Å². The number of nitrogens with one attached hydrogen (secondary N) is 1. The Bertz CT molecular complexity index is 1250. The first-order chi connectivity index (χ1) is 13.7. The highest BCUT2D eigenvalue weighted by molar-refractivity contribution is 6.15. The van der Waals surface area contributed by atoms with Crippen molar-refractivity contribution in [3.8, 4) is 11.5 Å². The number of H-pyrrole nitrogens is 1. The normalized spacial score (nSPS) is 14.3. The molecule has 6 nitrogen and oxygen atoms in total. The Morgan fingerprint density at radius 1 is 1.07 bits per heavy atom. The molecular formula is C22H13NO5. The number of benzene rings is 2. The van der Waals surface area contributed by atoms with Gasteiger partial charge in [0.05, 0.1) is 11.8 Å². The highest BCUT2D eigenvalue weighted by atomic mass is 16.5. The number of furan rings is 1. The zero-order valence-corrected chi connectivity index (χ0v) is 14.5. The van der Waals surface area contributed by atoms with Crippen LogP contribution in [0.4, 0.5) is 0 Å². The maximum atomic E-state index is 12.7. The van der Waals surface area contributed by atoms with E-state index in [1.54, 1.807) is 24.3 Å². The van der Waals surface area contributed by atoms with Crippen LogP contribution >= 0.6 is 0 Å². The fourth-order valence-electron chi connectivity index (χ4n) is 3.14. The average Bonchev–Trinajstić information content (AvgIpc) is 3.43. The minimum Gasteiger partial charge on any atom is -0.457 e. The number of fused-ring (bicyclic) bond motifs is 2. The van der Waals surface area contributed by atoms with Crippen LogP contribution in [-0.4, -0.2) is 16.7 Å². The van der Waals surface area contributed by atoms with Crippen LogP contribution in [0, 0.1) is 0 Å². The largest absolute Gasteiger partial charge is 0.457 e. The number of rotatable bonds is 3. The standard InChI is InChI=1S/C22H13NO5/c24-21-16-8-7-14(27-22(25)18-6-3-9-26-18)11-19(16)28-20(21)10-13-12-23-17-5-2-1-4-15(13)17/h1-12,23H/b20-10-. The molecule has 0 bridgehead atoms. The molecule has 0 aliphatic carbocycles. The van der Waals surface area contributed by atoms with Crippen LogP contribution < -0.4 is 9.47 Å². The maximum absolute atomic E-state index is 12.7. The lowest BCUT2D eigenvalue weighted by Gasteiger charge is -2.04. The second kappa shape index (κ2) is 6.28. The Labute approximate surface area is 159 Å². The maximum Gasteiger partial charge on any atom is 0.379 e. The monoisotopic (exact) mass is 371 g/mol. The molecule has 28 heavy (non-hydrogen) atoms. The van der Waals surface area contributed by atoms with Gasteiger partial charge in [-0.25, -0.2) is 4.79 Å². The summed E-state index contributed by atoms with van der Waals surface area (Å²) in [4.78, 5) is 27.8. The van der Waals surface area contributed by atoms with E-state index in [4.69, 9.17) is 13.9 Å². The minimum absolute atomic E-state index is 0.0948. The van der Waals surface area contributed by atoms with E-state index in [2.05, 4.69) is 4.98 Å². The molecule has 1 N–H and O–H groups in total. The number of ketones is 1. The van der Waals surface area contributed by atoms with E-state index in [-0.39, 0.29) is 23.1 Å². The third-order valence-electron chi connectivity index (χ3n) is 4.48. The van der Waals surface area contributed by atoms with E-state index < -0.39 is 5.97 Å². The molecule has 4 aromatic rings. The molecule has 0 radical (unpaired) electrons. The predicted molar refractivity (Wildman–Crippen MR) is 101 cm³/mol. The Morgan fingerprint density at radius 2 is 1.96 bits per heavy atom. The van der Waals surface area contributed by atoms with Gasteiger partial charge in [-0.2, -0.15) is 0 Å². The van der Waals surface area contributed by atoms with Gasteiger partial charge in [-0.15, -0.1) is 0 Å². The summed E-state index contributed by atoms with van der Waals surface area (Å²) < 4.78 is 16.0. The van der Waals surface area contributed by atoms with Crippen molar-refractivity contribution >= 4 is 28.7 Å². The van der Waals surface area contributed by atoms with Gasteiger partial charge >= 0.3 is 5.97 Å². The van der Waals surface area contributed by atoms with Crippen LogP contribution in [0.3, 0.4) is 0 Å². The van der Waals surface area contributed by atoms with Gasteiger partial charge < -0.3 is 18.9 Å². The number of carbonyl (C=O) groups is 2. The lowest BCUT2D eigenvalue weighted by molar-refractivity contribution is 0.0701. The quantitative estimate of drug-likeness (QED) is 0.323. The van der Waals surface area contributed by atoms with Crippen molar-refractivity contribution in [1.82, 2.24) is 4.98 Å². The zero-order valence-electron chi connectivity index (χ0n) is 14.5. The summed E-state index contributed by atoms with van der Waals surface area (Å²) in [5, 5.41) is 0.996. The number of aromatic amines is 1. The number of carbonyl (C=O) groups excluding carboxylic acids is 2. The molecule has 2 aromatic carbocycles. The van der Waals surface area contributed by atoms with E-state index >= 15 is 0 Å². The van der Waals surface area contributed by atoms with Crippen molar-refractivity contribution in [2.45, 2.75) is 0 Å². The van der Waals surface area contributed by atoms with E-state index in [1.165, 1.54) is 18.4 Å². The first-order valence-electron chi connectivity index (χ1n) is 8.59. The summed E-state index contributed by atoms with van der Waals surface area (Å²) in [6, 6.07) is 15.6. The lowest BCUT2D eigenvalue weighted by Crippen LogP contribution is -2.07. The van der Waals surface area contributed by atoms with Crippen molar-refractivity contribution in [2.24, 2.45) is 0 Å². The van der Waals surface area contributed by atoms with Gasteiger partial charge in [-0.3, -0.25) is 4.79 Å². The summed E-state index contributed by atoms with van der Waals surface area (Å²) in [7, 11) is 0. The Balaban J connectivity index is 1.43. The second-order valence-electron chi connectivity index (χ2n) is 6.25. The SMILES string of the molecule is O=C(Oc1ccc2c(c1)O/C(=C\c1c[nH]c3ccccc13)C2=O)c1ccco1. The van der Waals surface area contributed by atoms with Gasteiger partial charge in [0.15, 0.2) is 5.76 Å². The van der Waals surface area contributed by atoms with Crippen LogP contribution in [0.15, 0.2) is 77.2 Å². The smallest absolute Gasteiger partial charge is 0.379 e. The Hall–Kier alpha value is -4.06. The molecule has 0 saturated heterocycles. The van der Waals surface area contributed by atoms with E-state index in [0.717, 1.165) is 16.5 Å². The summed E-state index contributed by atoms with van der Waals surface area (Å²) in [5.41, 5.74) is 2.25. The number of ether oxygens (including phenoxy) is 2. The number of allylic oxidation sites excluding steroid dienone is 1. The molecule has 136 valence electrons. The molecular weight excluding hydrogens is 358 g/mol. The topological polar surface area (TPSA) is 81.5 Å². The molecule has 2 aromatic heterocycles. The molecule has 0 atom stereocenters. The number of Topliss-reactive ketones (excluding diaryl/α,β-unsaturated/α-hetero) is 1. The summed E-state index contributed by atoms with van der Waals surface area (Å²) in [6.07, 6.45) is 4.92. The van der Waals surface area contributed by atoms with Crippen LogP contribution in [-0.2, 0) is 0 Å². The van der Waals surface area contributed by atoms with Crippen molar-refractivity contribution in [3.63, 3.8) is 0 Å². The predicted octanol–water partition coefficient (Wildman–Crippen LogP) is 4.60. The first-order valence-corrected chi connectivity index (χ1v) is 8.59. The van der Waals surface area contributed by atoms with Crippen molar-refractivity contribution in [2.75, 3.05) is 0 Å². The molecule has 0 fully saturated rings. The molecule has 0 spiro atoms. The number of hydrogen-bond donors (Lipinski definition) is 1. The molecule has 1 aliphatic rings. The first kappa shape index (κ1) is 16.1. The minimum atomic E-state index is -0.621. The summed E-state index contributed by atoms with van der Waals surface area (Å²) in [6.45, 7) is 0. The number of esters is 1. The zero-order chi connectivity index (χ0) is 19.1. The van der Waals surface area contributed by atoms with Crippen molar-refractivity contribution in [3.05, 3.63) is 89.7 Å². The van der Waals surface area contributed by atoms with Crippen LogP contribution in [0.5, 0.6) is 11.5 Å². The lowest BCUT2D eigenvalue weighted by atomic mass is 10.1. The molecule has 3 heterocycles. The van der Waals surface area contributed by atoms with E-state index in [0.29, 0.717) is 11.3 Å². The second-order valence-corrected chi connectivity index (χ2v) is 6.25. The Morgan fingerprint density at radius 3 is 2.82 bits per heavy atom. The fourth-order valence-corrected chi connectivity index (χ4v) is 3.14. The summed E-state index contributed by atoms with van der Waals surface area (Å²) in [5.74, 6) is 0.0850. The number of hydrogen-bond acceptors (Lipinski definition) is 5.